The number of carbonyl (C=O) groups excluding carboxylic acids is 1. The van der Waals surface area contributed by atoms with Crippen LogP contribution in [0.2, 0.25) is 0 Å². The zero-order chi connectivity index (χ0) is 22.9. The zero-order valence-electron chi connectivity index (χ0n) is 20.1. The lowest BCUT2D eigenvalue weighted by Crippen LogP contribution is -2.42. The van der Waals surface area contributed by atoms with Crippen LogP contribution in [0.5, 0.6) is 0 Å². The van der Waals surface area contributed by atoms with Crippen LogP contribution in [0, 0.1) is 0 Å². The van der Waals surface area contributed by atoms with Crippen LogP contribution in [-0.4, -0.2) is 39.7 Å². The Balaban J connectivity index is 1.12. The van der Waals surface area contributed by atoms with E-state index in [0.717, 1.165) is 29.1 Å². The molecule has 2 aliphatic heterocycles. The summed E-state index contributed by atoms with van der Waals surface area (Å²) < 4.78 is 2.22. The summed E-state index contributed by atoms with van der Waals surface area (Å²) in [7, 11) is 0. The number of likely N-dealkylation sites (tertiary alicyclic amines) is 1. The maximum atomic E-state index is 12.2. The molecule has 1 amide bonds. The maximum absolute atomic E-state index is 12.2. The predicted molar refractivity (Wildman–Crippen MR) is 138 cm³/mol. The van der Waals surface area contributed by atoms with Crippen LogP contribution in [0.15, 0.2) is 42.7 Å². The molecule has 0 atom stereocenters. The molecule has 3 aliphatic rings. The number of rotatable bonds is 4. The fraction of sp³-hybridized carbons (Fsp3) is 0.517. The Morgan fingerprint density at radius 3 is 2.44 bits per heavy atom. The third-order valence-corrected chi connectivity index (χ3v) is 8.39. The van der Waals surface area contributed by atoms with E-state index in [-0.39, 0.29) is 5.91 Å². The van der Waals surface area contributed by atoms with E-state index in [1.165, 1.54) is 93.8 Å². The fourth-order valence-corrected chi connectivity index (χ4v) is 6.48. The normalized spacial score (nSPS) is 20.8. The van der Waals surface area contributed by atoms with Gasteiger partial charge in [0.1, 0.15) is 0 Å². The Hall–Kier alpha value is -2.66. The summed E-state index contributed by atoms with van der Waals surface area (Å²) in [5.74, 6) is 0.00636. The van der Waals surface area contributed by atoms with Gasteiger partial charge in [0.05, 0.1) is 12.2 Å². The summed E-state index contributed by atoms with van der Waals surface area (Å²) in [6, 6.07) is 11.6. The lowest BCUT2D eigenvalue weighted by molar-refractivity contribution is 0.103. The van der Waals surface area contributed by atoms with Crippen molar-refractivity contribution < 1.29 is 4.79 Å². The number of benzene rings is 2. The van der Waals surface area contributed by atoms with Gasteiger partial charge in [0.2, 0.25) is 0 Å². The SMILES string of the molecule is O=C1Nc2ccc(Cc3cnn(C4CCN(C5CCCCCCCC5)CC4)c3)c3cccc1c23. The van der Waals surface area contributed by atoms with E-state index in [2.05, 4.69) is 33.2 Å². The highest BCUT2D eigenvalue weighted by molar-refractivity contribution is 6.24. The van der Waals surface area contributed by atoms with Crippen LogP contribution < -0.4 is 5.32 Å². The molecule has 2 fully saturated rings. The van der Waals surface area contributed by atoms with Crippen molar-refractivity contribution in [3.05, 3.63) is 59.4 Å². The number of carbonyl (C=O) groups is 1. The molecule has 0 radical (unpaired) electrons. The smallest absolute Gasteiger partial charge is 0.256 e. The molecule has 5 heteroatoms. The summed E-state index contributed by atoms with van der Waals surface area (Å²) in [6.07, 6.45) is 18.9. The Bertz CT molecular complexity index is 1160. The molecule has 1 N–H and O–H groups in total. The Kier molecular flexibility index (Phi) is 6.13. The van der Waals surface area contributed by atoms with Crippen molar-refractivity contribution in [1.29, 1.82) is 0 Å². The molecule has 1 aromatic heterocycles. The Morgan fingerprint density at radius 2 is 1.65 bits per heavy atom. The van der Waals surface area contributed by atoms with Gasteiger partial charge in [-0.2, -0.15) is 5.10 Å². The molecule has 1 saturated carbocycles. The van der Waals surface area contributed by atoms with E-state index in [9.17, 15) is 4.79 Å². The van der Waals surface area contributed by atoms with Gasteiger partial charge in [0.15, 0.2) is 0 Å². The first-order chi connectivity index (χ1) is 16.8. The number of anilines is 1. The van der Waals surface area contributed by atoms with Crippen LogP contribution in [0.1, 0.15) is 91.7 Å². The molecule has 6 rings (SSSR count). The van der Waals surface area contributed by atoms with Gasteiger partial charge in [-0.15, -0.1) is 0 Å². The quantitative estimate of drug-likeness (QED) is 0.499. The number of amides is 1. The molecule has 2 aromatic carbocycles. The summed E-state index contributed by atoms with van der Waals surface area (Å²) >= 11 is 0. The van der Waals surface area contributed by atoms with Crippen LogP contribution in [0.3, 0.4) is 0 Å². The van der Waals surface area contributed by atoms with Crippen molar-refractivity contribution >= 4 is 22.4 Å². The van der Waals surface area contributed by atoms with Gasteiger partial charge in [-0.25, -0.2) is 0 Å². The van der Waals surface area contributed by atoms with E-state index in [0.29, 0.717) is 6.04 Å². The highest BCUT2D eigenvalue weighted by Crippen LogP contribution is 2.36. The summed E-state index contributed by atoms with van der Waals surface area (Å²) in [5.41, 5.74) is 4.22. The lowest BCUT2D eigenvalue weighted by atomic mass is 9.97. The number of aromatic nitrogens is 2. The molecule has 1 saturated heterocycles. The average Bonchev–Trinajstić information content (AvgIpc) is 3.49. The van der Waals surface area contributed by atoms with E-state index in [1.807, 2.05) is 24.4 Å². The molecule has 1 aliphatic carbocycles. The number of piperidine rings is 1. The van der Waals surface area contributed by atoms with Crippen molar-refractivity contribution in [2.24, 2.45) is 0 Å². The minimum Gasteiger partial charge on any atom is -0.321 e. The van der Waals surface area contributed by atoms with Gasteiger partial charge in [-0.1, -0.05) is 56.7 Å². The van der Waals surface area contributed by atoms with E-state index in [1.54, 1.807) is 0 Å². The van der Waals surface area contributed by atoms with Crippen LogP contribution in [0.25, 0.3) is 10.8 Å². The molecule has 3 aromatic rings. The molecule has 0 spiro atoms. The van der Waals surface area contributed by atoms with Gasteiger partial charge in [0, 0.05) is 48.4 Å². The van der Waals surface area contributed by atoms with E-state index in [4.69, 9.17) is 5.10 Å². The summed E-state index contributed by atoms with van der Waals surface area (Å²) in [5, 5.41) is 10.0. The predicted octanol–water partition coefficient (Wildman–Crippen LogP) is 6.33. The number of hydrogen-bond acceptors (Lipinski definition) is 3. The third-order valence-electron chi connectivity index (χ3n) is 8.39. The molecule has 0 unspecified atom stereocenters. The van der Waals surface area contributed by atoms with Crippen molar-refractivity contribution in [2.45, 2.75) is 82.7 Å². The summed E-state index contributed by atoms with van der Waals surface area (Å²) in [4.78, 5) is 15.0. The van der Waals surface area contributed by atoms with Crippen molar-refractivity contribution in [2.75, 3.05) is 18.4 Å². The number of hydrogen-bond donors (Lipinski definition) is 1. The second-order valence-corrected chi connectivity index (χ2v) is 10.6. The van der Waals surface area contributed by atoms with E-state index >= 15 is 0 Å². The molecular formula is C29H36N4O. The van der Waals surface area contributed by atoms with Gasteiger partial charge in [0.25, 0.3) is 5.91 Å². The van der Waals surface area contributed by atoms with Gasteiger partial charge in [-0.3, -0.25) is 9.48 Å². The number of nitrogens with one attached hydrogen (secondary N) is 1. The van der Waals surface area contributed by atoms with Crippen molar-refractivity contribution in [3.8, 4) is 0 Å². The lowest BCUT2D eigenvalue weighted by Gasteiger charge is -2.37. The van der Waals surface area contributed by atoms with Crippen molar-refractivity contribution in [1.82, 2.24) is 14.7 Å². The highest BCUT2D eigenvalue weighted by atomic mass is 16.1. The number of nitrogens with zero attached hydrogens (tertiary/aromatic N) is 3. The van der Waals surface area contributed by atoms with Gasteiger partial charge >= 0.3 is 0 Å². The molecule has 5 nitrogen and oxygen atoms in total. The molecule has 0 bridgehead atoms. The fourth-order valence-electron chi connectivity index (χ4n) is 6.48. The standard InChI is InChI=1S/C29H36N4O/c34-29-26-11-7-10-25-22(12-13-27(31-29)28(25)26)18-21-19-30-33(20-21)24-14-16-32(17-15-24)23-8-5-3-1-2-4-6-9-23/h7,10-13,19-20,23-24H,1-6,8-9,14-18H2,(H,31,34). The first-order valence-electron chi connectivity index (χ1n) is 13.4. The second-order valence-electron chi connectivity index (χ2n) is 10.6. The van der Waals surface area contributed by atoms with Gasteiger partial charge < -0.3 is 10.2 Å². The van der Waals surface area contributed by atoms with E-state index < -0.39 is 0 Å². The Labute approximate surface area is 202 Å². The van der Waals surface area contributed by atoms with Gasteiger partial charge in [-0.05, 0) is 54.3 Å². The Morgan fingerprint density at radius 1 is 0.882 bits per heavy atom. The second kappa shape index (κ2) is 9.53. The average molecular weight is 457 g/mol. The summed E-state index contributed by atoms with van der Waals surface area (Å²) in [6.45, 7) is 2.42. The van der Waals surface area contributed by atoms with Crippen molar-refractivity contribution in [3.63, 3.8) is 0 Å². The minimum absolute atomic E-state index is 0.00636. The first-order valence-corrected chi connectivity index (χ1v) is 13.4. The van der Waals surface area contributed by atoms with Crippen LogP contribution in [0.4, 0.5) is 5.69 Å². The monoisotopic (exact) mass is 456 g/mol. The topological polar surface area (TPSA) is 50.2 Å². The van der Waals surface area contributed by atoms with Crippen LogP contribution in [-0.2, 0) is 6.42 Å². The maximum Gasteiger partial charge on any atom is 0.256 e. The minimum atomic E-state index is 0.00636. The highest BCUT2D eigenvalue weighted by Gasteiger charge is 2.27. The molecule has 34 heavy (non-hydrogen) atoms. The zero-order valence-corrected chi connectivity index (χ0v) is 20.1. The third kappa shape index (κ3) is 4.26. The molecular weight excluding hydrogens is 420 g/mol. The largest absolute Gasteiger partial charge is 0.321 e. The first kappa shape index (κ1) is 21.8. The molecule has 3 heterocycles. The van der Waals surface area contributed by atoms with Crippen LogP contribution >= 0.6 is 0 Å². The molecule has 178 valence electrons.